The van der Waals surface area contributed by atoms with E-state index < -0.39 is 12.9 Å². The number of carbonyl (C=O) groups excluding carboxylic acids is 1. The van der Waals surface area contributed by atoms with Crippen LogP contribution >= 0.6 is 7.60 Å². The van der Waals surface area contributed by atoms with Crippen molar-refractivity contribution in [1.82, 2.24) is 0 Å². The molecule has 1 aromatic carbocycles. The molecule has 0 heterocycles. The Morgan fingerprint density at radius 3 is 2.47 bits per heavy atom. The molecule has 17 heavy (non-hydrogen) atoms. The highest BCUT2D eigenvalue weighted by Crippen LogP contribution is 2.54. The van der Waals surface area contributed by atoms with E-state index in [2.05, 4.69) is 5.32 Å². The summed E-state index contributed by atoms with van der Waals surface area (Å²) in [6.07, 6.45) is 0. The Hall–Kier alpha value is -1.20. The summed E-state index contributed by atoms with van der Waals surface area (Å²) in [6.45, 7) is 2.34. The number of aliphatic hydroxyl groups is 1. The molecule has 0 aliphatic rings. The molecule has 1 amide bonds. The number of amides is 1. The molecule has 0 aromatic heterocycles. The Labute approximate surface area is 98.4 Å². The fourth-order valence-electron chi connectivity index (χ4n) is 1.26. The summed E-state index contributed by atoms with van der Waals surface area (Å²) in [5.74, 6) is -0.307. The number of nitrogens with one attached hydrogen (secondary N) is 1. The SMILES string of the molecule is CC(=O)Nc1cccc(C(C)(O)P(=O)(O)O)c1. The normalized spacial score (nSPS) is 15.1. The van der Waals surface area contributed by atoms with Crippen LogP contribution in [-0.2, 0) is 14.7 Å². The van der Waals surface area contributed by atoms with Gasteiger partial charge in [0, 0.05) is 12.6 Å². The predicted octanol–water partition coefficient (Wildman–Crippen LogP) is 0.988. The fraction of sp³-hybridized carbons (Fsp3) is 0.300. The summed E-state index contributed by atoms with van der Waals surface area (Å²) in [5, 5.41) is 9.99. The second kappa shape index (κ2) is 4.58. The van der Waals surface area contributed by atoms with E-state index in [4.69, 9.17) is 9.79 Å². The zero-order valence-corrected chi connectivity index (χ0v) is 10.3. The molecule has 0 aliphatic carbocycles. The quantitative estimate of drug-likeness (QED) is 0.605. The molecular weight excluding hydrogens is 245 g/mol. The first-order valence-corrected chi connectivity index (χ1v) is 6.42. The largest absolute Gasteiger partial charge is 0.373 e. The van der Waals surface area contributed by atoms with Gasteiger partial charge in [-0.05, 0) is 24.6 Å². The van der Waals surface area contributed by atoms with E-state index >= 15 is 0 Å². The van der Waals surface area contributed by atoms with Crippen molar-refractivity contribution in [1.29, 1.82) is 0 Å². The van der Waals surface area contributed by atoms with E-state index in [0.717, 1.165) is 6.92 Å². The lowest BCUT2D eigenvalue weighted by Crippen LogP contribution is -2.21. The molecule has 0 bridgehead atoms. The molecule has 7 heteroatoms. The average Bonchev–Trinajstić information content (AvgIpc) is 2.15. The highest BCUT2D eigenvalue weighted by atomic mass is 31.2. The van der Waals surface area contributed by atoms with Crippen LogP contribution in [0.3, 0.4) is 0 Å². The minimum Gasteiger partial charge on any atom is -0.373 e. The van der Waals surface area contributed by atoms with Gasteiger partial charge in [0.25, 0.3) is 0 Å². The highest BCUT2D eigenvalue weighted by Gasteiger charge is 2.42. The lowest BCUT2D eigenvalue weighted by molar-refractivity contribution is -0.114. The summed E-state index contributed by atoms with van der Waals surface area (Å²) in [4.78, 5) is 28.9. The number of rotatable bonds is 3. The van der Waals surface area contributed by atoms with E-state index in [1.807, 2.05) is 0 Å². The van der Waals surface area contributed by atoms with Gasteiger partial charge in [-0.3, -0.25) is 9.36 Å². The summed E-state index contributed by atoms with van der Waals surface area (Å²) < 4.78 is 11.1. The molecule has 1 unspecified atom stereocenters. The minimum absolute atomic E-state index is 0.0390. The molecule has 0 saturated heterocycles. The van der Waals surface area contributed by atoms with Crippen molar-refractivity contribution in [3.05, 3.63) is 29.8 Å². The van der Waals surface area contributed by atoms with Crippen LogP contribution in [0.2, 0.25) is 0 Å². The Morgan fingerprint density at radius 2 is 2.00 bits per heavy atom. The first kappa shape index (κ1) is 13.9. The maximum atomic E-state index is 11.1. The molecule has 6 nitrogen and oxygen atoms in total. The first-order chi connectivity index (χ1) is 7.64. The molecular formula is C10H14NO5P. The minimum atomic E-state index is -4.70. The van der Waals surface area contributed by atoms with Gasteiger partial charge in [0.2, 0.25) is 5.91 Å². The van der Waals surface area contributed by atoms with Crippen LogP contribution in [0, 0.1) is 0 Å². The standard InChI is InChI=1S/C10H14NO5P/c1-7(12)11-9-5-3-4-8(6-9)10(2,13)17(14,15)16/h3-6,13H,1-2H3,(H,11,12)(H2,14,15,16). The highest BCUT2D eigenvalue weighted by molar-refractivity contribution is 7.52. The zero-order valence-electron chi connectivity index (χ0n) is 9.41. The van der Waals surface area contributed by atoms with Crippen molar-refractivity contribution in [2.24, 2.45) is 0 Å². The predicted molar refractivity (Wildman–Crippen MR) is 62.4 cm³/mol. The number of hydrogen-bond acceptors (Lipinski definition) is 3. The van der Waals surface area contributed by atoms with Crippen LogP contribution in [0.1, 0.15) is 19.4 Å². The summed E-state index contributed by atoms with van der Waals surface area (Å²) in [7, 11) is -4.70. The van der Waals surface area contributed by atoms with Crippen LogP contribution in [0.5, 0.6) is 0 Å². The van der Waals surface area contributed by atoms with Crippen molar-refractivity contribution >= 4 is 19.2 Å². The average molecular weight is 259 g/mol. The molecule has 0 radical (unpaired) electrons. The monoisotopic (exact) mass is 259 g/mol. The summed E-state index contributed by atoms with van der Waals surface area (Å²) >= 11 is 0. The van der Waals surface area contributed by atoms with Gasteiger partial charge in [-0.25, -0.2) is 0 Å². The Morgan fingerprint density at radius 1 is 1.41 bits per heavy atom. The van der Waals surface area contributed by atoms with Crippen LogP contribution in [0.25, 0.3) is 0 Å². The van der Waals surface area contributed by atoms with Crippen molar-refractivity contribution in [2.75, 3.05) is 5.32 Å². The Kier molecular flexibility index (Phi) is 3.74. The molecule has 1 atom stereocenters. The van der Waals surface area contributed by atoms with Gasteiger partial charge in [-0.2, -0.15) is 0 Å². The third kappa shape index (κ3) is 3.14. The van der Waals surface area contributed by atoms with Crippen molar-refractivity contribution < 1.29 is 24.3 Å². The van der Waals surface area contributed by atoms with Gasteiger partial charge in [0.15, 0.2) is 5.34 Å². The fourth-order valence-corrected chi connectivity index (χ4v) is 1.74. The molecule has 0 aliphatic heterocycles. The van der Waals surface area contributed by atoms with Gasteiger partial charge in [0.1, 0.15) is 0 Å². The third-order valence-electron chi connectivity index (χ3n) is 2.30. The summed E-state index contributed by atoms with van der Waals surface area (Å²) in [6, 6.07) is 5.75. The lowest BCUT2D eigenvalue weighted by Gasteiger charge is -2.25. The maximum Gasteiger partial charge on any atom is 0.361 e. The zero-order chi connectivity index (χ0) is 13.3. The molecule has 0 saturated carbocycles. The molecule has 4 N–H and O–H groups in total. The van der Waals surface area contributed by atoms with E-state index in [1.165, 1.54) is 25.1 Å². The van der Waals surface area contributed by atoms with Crippen molar-refractivity contribution in [3.8, 4) is 0 Å². The van der Waals surface area contributed by atoms with E-state index in [9.17, 15) is 14.5 Å². The number of carbonyl (C=O) groups is 1. The van der Waals surface area contributed by atoms with Gasteiger partial charge in [-0.15, -0.1) is 0 Å². The smallest absolute Gasteiger partial charge is 0.361 e. The first-order valence-electron chi connectivity index (χ1n) is 4.81. The van der Waals surface area contributed by atoms with Crippen molar-refractivity contribution in [2.45, 2.75) is 19.2 Å². The van der Waals surface area contributed by atoms with Gasteiger partial charge >= 0.3 is 7.60 Å². The van der Waals surface area contributed by atoms with Gasteiger partial charge < -0.3 is 20.2 Å². The molecule has 0 fully saturated rings. The summed E-state index contributed by atoms with van der Waals surface area (Å²) in [5.41, 5.74) is 0.404. The van der Waals surface area contributed by atoms with Crippen LogP contribution < -0.4 is 5.32 Å². The van der Waals surface area contributed by atoms with Crippen LogP contribution in [-0.4, -0.2) is 20.8 Å². The number of anilines is 1. The maximum absolute atomic E-state index is 11.1. The molecule has 0 spiro atoms. The topological polar surface area (TPSA) is 107 Å². The number of benzene rings is 1. The second-order valence-electron chi connectivity index (χ2n) is 3.83. The van der Waals surface area contributed by atoms with Gasteiger partial charge in [-0.1, -0.05) is 12.1 Å². The van der Waals surface area contributed by atoms with E-state index in [1.54, 1.807) is 6.07 Å². The molecule has 1 rings (SSSR count). The van der Waals surface area contributed by atoms with Crippen LogP contribution in [0.15, 0.2) is 24.3 Å². The van der Waals surface area contributed by atoms with Gasteiger partial charge in [0.05, 0.1) is 0 Å². The molecule has 1 aromatic rings. The third-order valence-corrected chi connectivity index (χ3v) is 3.69. The Bertz CT molecular complexity index is 479. The number of hydrogen-bond donors (Lipinski definition) is 4. The molecule has 94 valence electrons. The Balaban J connectivity index is 3.16. The van der Waals surface area contributed by atoms with E-state index in [-0.39, 0.29) is 11.5 Å². The van der Waals surface area contributed by atoms with Crippen LogP contribution in [0.4, 0.5) is 5.69 Å². The lowest BCUT2D eigenvalue weighted by atomic mass is 10.1. The second-order valence-corrected chi connectivity index (χ2v) is 5.79. The van der Waals surface area contributed by atoms with Crippen molar-refractivity contribution in [3.63, 3.8) is 0 Å². The van der Waals surface area contributed by atoms with E-state index in [0.29, 0.717) is 5.69 Å².